The molecular weight excluding hydrogens is 298 g/mol. The average Bonchev–Trinajstić information content (AvgIpc) is 2.53. The molecule has 0 spiro atoms. The van der Waals surface area contributed by atoms with Crippen LogP contribution in [0.3, 0.4) is 0 Å². The summed E-state index contributed by atoms with van der Waals surface area (Å²) in [5.41, 5.74) is 11.1. The van der Waals surface area contributed by atoms with Gasteiger partial charge in [-0.05, 0) is 54.8 Å². The Morgan fingerprint density at radius 3 is 1.71 bits per heavy atom. The third-order valence-electron chi connectivity index (χ3n) is 4.42. The molecule has 0 aromatic heterocycles. The molecule has 0 radical (unpaired) electrons. The van der Waals surface area contributed by atoms with E-state index in [1.807, 2.05) is 62.4 Å². The number of hydrogen-bond donors (Lipinski definition) is 3. The summed E-state index contributed by atoms with van der Waals surface area (Å²) in [5, 5.41) is 21.0. The van der Waals surface area contributed by atoms with Gasteiger partial charge in [-0.2, -0.15) is 0 Å². The van der Waals surface area contributed by atoms with Gasteiger partial charge in [0.15, 0.2) is 0 Å². The average molecular weight is 319 g/mol. The highest BCUT2D eigenvalue weighted by Gasteiger charge is 2.25. The van der Waals surface area contributed by atoms with Crippen molar-refractivity contribution in [1.82, 2.24) is 0 Å². The summed E-state index contributed by atoms with van der Waals surface area (Å²) in [6, 6.07) is 18.5. The molecule has 0 aliphatic heterocycles. The van der Waals surface area contributed by atoms with Crippen molar-refractivity contribution in [2.45, 2.75) is 19.8 Å². The van der Waals surface area contributed by atoms with E-state index in [0.29, 0.717) is 5.69 Å². The molecule has 0 unspecified atom stereocenters. The highest BCUT2D eigenvalue weighted by atomic mass is 16.3. The van der Waals surface area contributed by atoms with Gasteiger partial charge in [-0.1, -0.05) is 36.4 Å². The van der Waals surface area contributed by atoms with E-state index in [-0.39, 0.29) is 17.4 Å². The first-order chi connectivity index (χ1) is 11.5. The van der Waals surface area contributed by atoms with Gasteiger partial charge in [0.25, 0.3) is 0 Å². The molecule has 0 aliphatic rings. The Morgan fingerprint density at radius 2 is 1.25 bits per heavy atom. The Hall–Kier alpha value is -2.94. The van der Waals surface area contributed by atoms with E-state index in [1.54, 1.807) is 12.1 Å². The fourth-order valence-electron chi connectivity index (χ4n) is 3.30. The van der Waals surface area contributed by atoms with Gasteiger partial charge in [0, 0.05) is 22.7 Å². The molecule has 4 N–H and O–H groups in total. The molecule has 3 aromatic carbocycles. The molecule has 0 atom stereocenters. The maximum absolute atomic E-state index is 10.5. The summed E-state index contributed by atoms with van der Waals surface area (Å²) in [6.07, 6.45) is 0. The van der Waals surface area contributed by atoms with Gasteiger partial charge in [-0.25, -0.2) is 0 Å². The lowest BCUT2D eigenvalue weighted by atomic mass is 9.80. The van der Waals surface area contributed by atoms with Crippen molar-refractivity contribution in [3.05, 3.63) is 88.5 Å². The topological polar surface area (TPSA) is 66.5 Å². The molecule has 0 heterocycles. The van der Waals surface area contributed by atoms with Crippen LogP contribution in [0.4, 0.5) is 5.69 Å². The smallest absolute Gasteiger partial charge is 0.119 e. The van der Waals surface area contributed by atoms with Crippen molar-refractivity contribution < 1.29 is 10.2 Å². The number of aromatic hydroxyl groups is 2. The second kappa shape index (κ2) is 6.28. The van der Waals surface area contributed by atoms with Crippen molar-refractivity contribution in [1.29, 1.82) is 0 Å². The predicted octanol–water partition coefficient (Wildman–Crippen LogP) is 4.48. The summed E-state index contributed by atoms with van der Waals surface area (Å²) >= 11 is 0. The number of anilines is 1. The first kappa shape index (κ1) is 15.9. The second-order valence-electron chi connectivity index (χ2n) is 6.12. The molecule has 0 saturated heterocycles. The van der Waals surface area contributed by atoms with Gasteiger partial charge in [-0.3, -0.25) is 0 Å². The maximum Gasteiger partial charge on any atom is 0.119 e. The van der Waals surface area contributed by atoms with Gasteiger partial charge < -0.3 is 15.9 Å². The van der Waals surface area contributed by atoms with Gasteiger partial charge in [0.1, 0.15) is 11.5 Å². The number of phenolic OH excluding ortho intramolecular Hbond substituents is 2. The Morgan fingerprint density at radius 1 is 0.750 bits per heavy atom. The van der Waals surface area contributed by atoms with Crippen LogP contribution in [0.2, 0.25) is 0 Å². The van der Waals surface area contributed by atoms with Crippen LogP contribution in [-0.2, 0) is 0 Å². The number of nitrogen functional groups attached to an aromatic ring is 1. The van der Waals surface area contributed by atoms with Crippen LogP contribution in [-0.4, -0.2) is 10.2 Å². The number of phenols is 2. The van der Waals surface area contributed by atoms with Crippen LogP contribution < -0.4 is 5.73 Å². The molecule has 0 amide bonds. The normalized spacial score (nSPS) is 11.0. The summed E-state index contributed by atoms with van der Waals surface area (Å²) in [6.45, 7) is 3.92. The van der Waals surface area contributed by atoms with Gasteiger partial charge in [0.05, 0.1) is 0 Å². The van der Waals surface area contributed by atoms with Crippen molar-refractivity contribution in [3.63, 3.8) is 0 Å². The summed E-state index contributed by atoms with van der Waals surface area (Å²) in [5.74, 6) is 0.131. The van der Waals surface area contributed by atoms with Crippen LogP contribution in [0.15, 0.2) is 60.7 Å². The maximum atomic E-state index is 10.5. The monoisotopic (exact) mass is 319 g/mol. The third kappa shape index (κ3) is 2.81. The fourth-order valence-corrected chi connectivity index (χ4v) is 3.30. The van der Waals surface area contributed by atoms with Crippen LogP contribution in [0.25, 0.3) is 0 Å². The van der Waals surface area contributed by atoms with Crippen LogP contribution in [0, 0.1) is 13.8 Å². The number of hydrogen-bond acceptors (Lipinski definition) is 3. The molecule has 3 rings (SSSR count). The molecule has 3 heteroatoms. The number of nitrogens with two attached hydrogens (primary N) is 1. The van der Waals surface area contributed by atoms with Crippen LogP contribution in [0.5, 0.6) is 11.5 Å². The number of benzene rings is 3. The second-order valence-corrected chi connectivity index (χ2v) is 6.12. The van der Waals surface area contributed by atoms with E-state index in [2.05, 4.69) is 0 Å². The first-order valence-corrected chi connectivity index (χ1v) is 7.91. The van der Waals surface area contributed by atoms with E-state index in [4.69, 9.17) is 5.73 Å². The van der Waals surface area contributed by atoms with Crippen molar-refractivity contribution in [3.8, 4) is 11.5 Å². The minimum absolute atomic E-state index is 0.213. The van der Waals surface area contributed by atoms with E-state index >= 15 is 0 Å². The van der Waals surface area contributed by atoms with E-state index < -0.39 is 0 Å². The number of rotatable bonds is 3. The van der Waals surface area contributed by atoms with Crippen molar-refractivity contribution in [2.75, 3.05) is 5.73 Å². The molecule has 0 saturated carbocycles. The molecule has 0 fully saturated rings. The van der Waals surface area contributed by atoms with E-state index in [0.717, 1.165) is 27.8 Å². The van der Waals surface area contributed by atoms with E-state index in [9.17, 15) is 10.2 Å². The number of aryl methyl sites for hydroxylation is 2. The first-order valence-electron chi connectivity index (χ1n) is 7.91. The van der Waals surface area contributed by atoms with Gasteiger partial charge in [-0.15, -0.1) is 0 Å². The van der Waals surface area contributed by atoms with Gasteiger partial charge in [0.2, 0.25) is 0 Å². The molecular formula is C21H21NO2. The molecule has 0 bridgehead atoms. The lowest BCUT2D eigenvalue weighted by molar-refractivity contribution is 0.457. The fraction of sp³-hybridized carbons (Fsp3) is 0.143. The Bertz CT molecular complexity index is 795. The SMILES string of the molecule is Cc1cccc(O)c1C(c1cccc(N)c1)c1c(C)cccc1O. The summed E-state index contributed by atoms with van der Waals surface area (Å²) < 4.78 is 0. The van der Waals surface area contributed by atoms with E-state index in [1.165, 1.54) is 0 Å². The zero-order valence-corrected chi connectivity index (χ0v) is 13.8. The predicted molar refractivity (Wildman–Crippen MR) is 97.5 cm³/mol. The molecule has 3 aromatic rings. The largest absolute Gasteiger partial charge is 0.508 e. The molecule has 3 nitrogen and oxygen atoms in total. The highest BCUT2D eigenvalue weighted by molar-refractivity contribution is 5.58. The lowest BCUT2D eigenvalue weighted by Gasteiger charge is -2.24. The summed E-state index contributed by atoms with van der Waals surface area (Å²) in [7, 11) is 0. The Balaban J connectivity index is 2.34. The molecule has 122 valence electrons. The quantitative estimate of drug-likeness (QED) is 0.492. The Kier molecular flexibility index (Phi) is 4.17. The zero-order chi connectivity index (χ0) is 17.3. The standard InChI is InChI=1S/C21H21NO2/c1-13-6-3-10-17(23)19(13)21(15-8-5-9-16(22)12-15)20-14(2)7-4-11-18(20)24/h3-12,21,23-24H,22H2,1-2H3. The lowest BCUT2D eigenvalue weighted by Crippen LogP contribution is -2.08. The van der Waals surface area contributed by atoms with Gasteiger partial charge >= 0.3 is 0 Å². The van der Waals surface area contributed by atoms with Crippen molar-refractivity contribution in [2.24, 2.45) is 0 Å². The molecule has 0 aliphatic carbocycles. The minimum Gasteiger partial charge on any atom is -0.508 e. The highest BCUT2D eigenvalue weighted by Crippen LogP contribution is 2.43. The van der Waals surface area contributed by atoms with Crippen LogP contribution in [0.1, 0.15) is 33.7 Å². The summed E-state index contributed by atoms with van der Waals surface area (Å²) in [4.78, 5) is 0. The zero-order valence-electron chi connectivity index (χ0n) is 13.8. The van der Waals surface area contributed by atoms with Crippen molar-refractivity contribution >= 4 is 5.69 Å². The Labute approximate surface area is 142 Å². The third-order valence-corrected chi connectivity index (χ3v) is 4.42. The van der Waals surface area contributed by atoms with Crippen LogP contribution >= 0.6 is 0 Å². The minimum atomic E-state index is -0.295. The molecule has 24 heavy (non-hydrogen) atoms.